The SMILES string of the molecule is CC(=O)OCC(NC(=O)OC(C)(C)C)[C@@H](OC(C)=O)[C@H](O[C@@H]1OC(COC(C)=O)[C@@H](O[C@@H]2OC(COC(C)=O)[C@@H](OC(C)=O)[C@H](OC(C)=O)C2NC(=O)OCc2ccccc2)[C@H](OC(C)=O)C1NC(=O)OCc1ccccc1)C(COC(C)=O)OC(C)=O. The fraction of sp³-hybridized carbons (Fsp3) is 0.579. The van der Waals surface area contributed by atoms with Crippen LogP contribution in [-0.2, 0) is 132 Å². The number of hydrogen-bond acceptors (Lipinski definition) is 28. The lowest BCUT2D eigenvalue weighted by atomic mass is 9.93. The fourth-order valence-electron chi connectivity index (χ4n) is 8.73. The van der Waals surface area contributed by atoms with Crippen molar-refractivity contribution in [2.75, 3.05) is 26.4 Å². The fourth-order valence-corrected chi connectivity index (χ4v) is 8.73. The normalized spacial score (nSPS) is 22.7. The summed E-state index contributed by atoms with van der Waals surface area (Å²) in [5.41, 5.74) is -0.197. The van der Waals surface area contributed by atoms with Gasteiger partial charge in [0, 0.05) is 62.3 Å². The van der Waals surface area contributed by atoms with Crippen LogP contribution in [0.4, 0.5) is 14.4 Å². The molecule has 2 aromatic carbocycles. The van der Waals surface area contributed by atoms with Crippen LogP contribution in [0.15, 0.2) is 60.7 Å². The van der Waals surface area contributed by atoms with Crippen LogP contribution in [-0.4, -0.2) is 190 Å². The summed E-state index contributed by atoms with van der Waals surface area (Å²) in [6.07, 6.45) is -25.4. The Morgan fingerprint density at radius 1 is 0.455 bits per heavy atom. The van der Waals surface area contributed by atoms with E-state index in [1.54, 1.807) is 60.7 Å². The Kier molecular flexibility index (Phi) is 28.2. The number of rotatable bonds is 27. The molecule has 3 N–H and O–H groups in total. The molecule has 14 atom stereocenters. The summed E-state index contributed by atoms with van der Waals surface area (Å²) in [7, 11) is 0. The molecule has 2 aliphatic rings. The van der Waals surface area contributed by atoms with E-state index in [1.807, 2.05) is 0 Å². The third-order valence-corrected chi connectivity index (χ3v) is 12.0. The monoisotopic (exact) mass is 1250 g/mol. The largest absolute Gasteiger partial charge is 0.464 e. The van der Waals surface area contributed by atoms with Gasteiger partial charge in [-0.1, -0.05) is 60.7 Å². The molecule has 3 amide bonds. The van der Waals surface area contributed by atoms with Gasteiger partial charge in [0.2, 0.25) is 0 Å². The summed E-state index contributed by atoms with van der Waals surface area (Å²) in [4.78, 5) is 158. The molecule has 2 saturated heterocycles. The third-order valence-electron chi connectivity index (χ3n) is 12.0. The zero-order valence-corrected chi connectivity index (χ0v) is 50.5. The van der Waals surface area contributed by atoms with Gasteiger partial charge < -0.3 is 91.7 Å². The Hall–Kier alpha value is -8.68. The highest BCUT2D eigenvalue weighted by molar-refractivity contribution is 5.72. The molecule has 88 heavy (non-hydrogen) atoms. The lowest BCUT2D eigenvalue weighted by Crippen LogP contribution is -2.71. The standard InChI is InChI=1S/C57H75N3O28/c1-29(61)73-25-40(58-56(72)88-57(10,11)12)46(80-34(6)66)47(41(79-33(5)65)26-74-30(2)62)86-52-45(60-55(71)78-24-39-21-17-14-18-22-39)51(83-37(9)69)49(43(85-52)28-76-32(4)64)87-53-44(59-54(70)77-23-38-19-15-13-16-20-38)50(82-36(8)68)48(81-35(7)67)42(84-53)27-75-31(3)63/h13-22,40-53H,23-28H2,1-12H3,(H,58,72)(H,59,70)(H,60,71)/t40?,41?,42?,43?,44?,45?,46-,47-,48-,49-,50-,51-,52+,53+/m1/s1. The number of alkyl carbamates (subject to hydrolysis) is 3. The van der Waals surface area contributed by atoms with E-state index in [4.69, 9.17) is 75.8 Å². The highest BCUT2D eigenvalue weighted by Gasteiger charge is 2.58. The van der Waals surface area contributed by atoms with Gasteiger partial charge in [0.25, 0.3) is 0 Å². The lowest BCUT2D eigenvalue weighted by molar-refractivity contribution is -0.343. The van der Waals surface area contributed by atoms with Gasteiger partial charge in [-0.2, -0.15) is 0 Å². The average molecular weight is 1250 g/mol. The molecule has 2 fully saturated rings. The molecule has 2 aromatic rings. The number of carbonyl (C=O) groups excluding carboxylic acids is 12. The minimum atomic E-state index is -2.24. The van der Waals surface area contributed by atoms with Crippen molar-refractivity contribution in [3.8, 4) is 0 Å². The number of amides is 3. The van der Waals surface area contributed by atoms with Gasteiger partial charge in [0.05, 0.1) is 0 Å². The van der Waals surface area contributed by atoms with E-state index in [9.17, 15) is 57.5 Å². The minimum Gasteiger partial charge on any atom is -0.464 e. The summed E-state index contributed by atoms with van der Waals surface area (Å²) in [6, 6.07) is 10.9. The lowest BCUT2D eigenvalue weighted by Gasteiger charge is -2.50. The molecular formula is C57H75N3O28. The van der Waals surface area contributed by atoms with E-state index in [0.717, 1.165) is 62.3 Å². The Morgan fingerprint density at radius 3 is 1.32 bits per heavy atom. The molecular weight excluding hydrogens is 1170 g/mol. The van der Waals surface area contributed by atoms with Crippen molar-refractivity contribution in [3.63, 3.8) is 0 Å². The maximum atomic E-state index is 14.3. The number of benzene rings is 2. The summed E-state index contributed by atoms with van der Waals surface area (Å²) >= 11 is 0. The van der Waals surface area contributed by atoms with Crippen molar-refractivity contribution >= 4 is 72.0 Å². The van der Waals surface area contributed by atoms with Crippen LogP contribution in [0.25, 0.3) is 0 Å². The highest BCUT2D eigenvalue weighted by Crippen LogP contribution is 2.35. The molecule has 0 saturated carbocycles. The second kappa shape index (κ2) is 34.6. The van der Waals surface area contributed by atoms with Crippen LogP contribution in [0.1, 0.15) is 94.2 Å². The predicted molar refractivity (Wildman–Crippen MR) is 292 cm³/mol. The quantitative estimate of drug-likeness (QED) is 0.0854. The second-order valence-electron chi connectivity index (χ2n) is 20.7. The summed E-state index contributed by atoms with van der Waals surface area (Å²) in [5, 5.41) is 7.48. The van der Waals surface area contributed by atoms with Crippen LogP contribution in [0.2, 0.25) is 0 Å². The Balaban J connectivity index is 2.08. The molecule has 0 bridgehead atoms. The molecule has 2 aliphatic heterocycles. The average Bonchev–Trinajstić information content (AvgIpc) is 1.00. The zero-order valence-electron chi connectivity index (χ0n) is 50.5. The van der Waals surface area contributed by atoms with Gasteiger partial charge in [-0.3, -0.25) is 43.2 Å². The first-order valence-corrected chi connectivity index (χ1v) is 27.3. The number of nitrogens with one attached hydrogen (secondary N) is 3. The van der Waals surface area contributed by atoms with Gasteiger partial charge in [-0.15, -0.1) is 0 Å². The number of hydrogen-bond donors (Lipinski definition) is 3. The van der Waals surface area contributed by atoms with Crippen molar-refractivity contribution in [2.45, 2.75) is 188 Å². The van der Waals surface area contributed by atoms with E-state index in [2.05, 4.69) is 16.0 Å². The first-order valence-electron chi connectivity index (χ1n) is 27.3. The van der Waals surface area contributed by atoms with Crippen molar-refractivity contribution in [3.05, 3.63) is 71.8 Å². The zero-order chi connectivity index (χ0) is 65.4. The van der Waals surface area contributed by atoms with Crippen LogP contribution in [0.5, 0.6) is 0 Å². The van der Waals surface area contributed by atoms with E-state index < -0.39 is 196 Å². The van der Waals surface area contributed by atoms with Gasteiger partial charge in [0.1, 0.15) is 87.8 Å². The molecule has 0 aromatic heterocycles. The molecule has 486 valence electrons. The number of ether oxygens (including phenoxy) is 16. The van der Waals surface area contributed by atoms with Crippen LogP contribution < -0.4 is 16.0 Å². The molecule has 0 spiro atoms. The van der Waals surface area contributed by atoms with Crippen molar-refractivity contribution in [1.29, 1.82) is 0 Å². The molecule has 31 heteroatoms. The van der Waals surface area contributed by atoms with E-state index in [1.165, 1.54) is 20.8 Å². The highest BCUT2D eigenvalue weighted by atomic mass is 16.8. The van der Waals surface area contributed by atoms with Gasteiger partial charge >= 0.3 is 72.0 Å². The Morgan fingerprint density at radius 2 is 0.875 bits per heavy atom. The minimum absolute atomic E-state index is 0.336. The number of esters is 9. The summed E-state index contributed by atoms with van der Waals surface area (Å²) in [6.45, 7) is 9.10. The van der Waals surface area contributed by atoms with Crippen molar-refractivity contribution in [1.82, 2.24) is 16.0 Å². The molecule has 0 radical (unpaired) electrons. The predicted octanol–water partition coefficient (Wildman–Crippen LogP) is 2.60. The van der Waals surface area contributed by atoms with Gasteiger partial charge in [0.15, 0.2) is 43.1 Å². The number of carbonyl (C=O) groups is 12. The topological polar surface area (TPSA) is 389 Å². The maximum absolute atomic E-state index is 14.3. The molecule has 6 unspecified atom stereocenters. The van der Waals surface area contributed by atoms with Gasteiger partial charge in [-0.05, 0) is 31.9 Å². The van der Waals surface area contributed by atoms with E-state index >= 15 is 0 Å². The molecule has 4 rings (SSSR count). The van der Waals surface area contributed by atoms with Gasteiger partial charge in [-0.25, -0.2) is 14.4 Å². The first kappa shape index (κ1) is 71.8. The molecule has 0 aliphatic carbocycles. The first-order chi connectivity index (χ1) is 41.4. The summed E-state index contributed by atoms with van der Waals surface area (Å²) in [5.74, 6) is -9.06. The third kappa shape index (κ3) is 25.0. The summed E-state index contributed by atoms with van der Waals surface area (Å²) < 4.78 is 93.1. The second-order valence-corrected chi connectivity index (χ2v) is 20.7. The van der Waals surface area contributed by atoms with E-state index in [-0.39, 0.29) is 6.61 Å². The van der Waals surface area contributed by atoms with Crippen LogP contribution >= 0.6 is 0 Å². The van der Waals surface area contributed by atoms with Crippen LogP contribution in [0, 0.1) is 0 Å². The van der Waals surface area contributed by atoms with Crippen molar-refractivity contribution in [2.24, 2.45) is 0 Å². The van der Waals surface area contributed by atoms with Crippen molar-refractivity contribution < 1.29 is 133 Å². The Labute approximate surface area is 505 Å². The maximum Gasteiger partial charge on any atom is 0.408 e. The molecule has 31 nitrogen and oxygen atoms in total. The van der Waals surface area contributed by atoms with E-state index in [0.29, 0.717) is 11.1 Å². The Bertz CT molecular complexity index is 2720. The smallest absolute Gasteiger partial charge is 0.408 e. The molecule has 2 heterocycles. The van der Waals surface area contributed by atoms with Crippen LogP contribution in [0.3, 0.4) is 0 Å².